The Morgan fingerprint density at radius 3 is 2.39 bits per heavy atom. The fourth-order valence-electron chi connectivity index (χ4n) is 6.61. The zero-order valence-corrected chi connectivity index (χ0v) is 23.9. The highest BCUT2D eigenvalue weighted by atomic mass is 35.5. The summed E-state index contributed by atoms with van der Waals surface area (Å²) >= 11 is 5.84. The molecule has 2 aromatic carbocycles. The number of aliphatic imine (C=N–C) groups is 1. The average molecular weight is 613 g/mol. The number of nitrogens with zero attached hydrogens (tertiary/aromatic N) is 2. The van der Waals surface area contributed by atoms with E-state index in [0.717, 1.165) is 0 Å². The van der Waals surface area contributed by atoms with E-state index < -0.39 is 62.4 Å². The summed E-state index contributed by atoms with van der Waals surface area (Å²) in [7, 11) is -3.96. The zero-order valence-electron chi connectivity index (χ0n) is 22.3. The monoisotopic (exact) mass is 612 g/mol. The lowest BCUT2D eigenvalue weighted by molar-refractivity contribution is -0.151. The molecule has 0 radical (unpaired) electrons. The summed E-state index contributed by atoms with van der Waals surface area (Å²) < 4.78 is 82.2. The van der Waals surface area contributed by atoms with Gasteiger partial charge < -0.3 is 10.6 Å². The Morgan fingerprint density at radius 2 is 1.80 bits per heavy atom. The Balaban J connectivity index is 1.22. The molecule has 4 aliphatic carbocycles. The summed E-state index contributed by atoms with van der Waals surface area (Å²) in [5.41, 5.74) is -1.58. The molecule has 1 amide bonds. The van der Waals surface area contributed by atoms with Crippen molar-refractivity contribution in [1.29, 1.82) is 0 Å². The summed E-state index contributed by atoms with van der Waals surface area (Å²) in [6, 6.07) is 10.4. The molecule has 2 aromatic rings. The minimum absolute atomic E-state index is 0.0560. The summed E-state index contributed by atoms with van der Waals surface area (Å²) in [5, 5.41) is 5.74. The number of nitrogens with one attached hydrogen (secondary N) is 2. The van der Waals surface area contributed by atoms with Gasteiger partial charge in [0.15, 0.2) is 6.04 Å². The molecular weight excluding hydrogens is 584 g/mol. The number of hydrogen-bond acceptors (Lipinski definition) is 5. The molecule has 5 aliphatic rings. The van der Waals surface area contributed by atoms with Crippen LogP contribution in [0.1, 0.15) is 45.1 Å². The fourth-order valence-corrected chi connectivity index (χ4v) is 8.51. The second-order valence-corrected chi connectivity index (χ2v) is 14.6. The van der Waals surface area contributed by atoms with E-state index in [1.807, 2.05) is 0 Å². The number of amidine groups is 1. The number of halogens is 5. The standard InChI is InChI=1S/C28H29ClF4N4O3S/c1-25(2)22(23(38)34-21-11-18(21)28(31,32)33)35-24(36-25)26-13-27(14-26,15-26)37(12-16-8-9-19(29)20(30)10-16)41(39,40)17-6-4-3-5-7-17/h3-10,18,21-22H,11-15H2,1-2H3,(H,34,38)(H,35,36)/t18?,21?,22-,26?,27?/m0/s1. The van der Waals surface area contributed by atoms with E-state index in [4.69, 9.17) is 11.6 Å². The van der Waals surface area contributed by atoms with Crippen molar-refractivity contribution < 1.29 is 30.8 Å². The van der Waals surface area contributed by atoms with Gasteiger partial charge in [-0.2, -0.15) is 17.5 Å². The van der Waals surface area contributed by atoms with Gasteiger partial charge in [-0.05, 0) is 69.4 Å². The number of alkyl halides is 3. The lowest BCUT2D eigenvalue weighted by Gasteiger charge is -2.73. The lowest BCUT2D eigenvalue weighted by Crippen LogP contribution is -2.78. The summed E-state index contributed by atoms with van der Waals surface area (Å²) in [5.74, 6) is -2.16. The van der Waals surface area contributed by atoms with Crippen LogP contribution in [0.4, 0.5) is 17.6 Å². The number of amides is 1. The smallest absolute Gasteiger partial charge is 0.366 e. The third kappa shape index (κ3) is 4.71. The summed E-state index contributed by atoms with van der Waals surface area (Å²) in [6.45, 7) is 3.48. The largest absolute Gasteiger partial charge is 0.393 e. The van der Waals surface area contributed by atoms with Crippen molar-refractivity contribution in [3.8, 4) is 0 Å². The molecule has 41 heavy (non-hydrogen) atoms. The summed E-state index contributed by atoms with van der Waals surface area (Å²) in [4.78, 5) is 17.7. The van der Waals surface area contributed by atoms with Gasteiger partial charge in [0.05, 0.1) is 21.4 Å². The molecule has 2 N–H and O–H groups in total. The van der Waals surface area contributed by atoms with Crippen LogP contribution in [0.25, 0.3) is 0 Å². The maximum atomic E-state index is 14.2. The van der Waals surface area contributed by atoms with Crippen molar-refractivity contribution in [2.24, 2.45) is 16.3 Å². The van der Waals surface area contributed by atoms with Gasteiger partial charge in [0.25, 0.3) is 0 Å². The minimum atomic E-state index is -4.35. The first-order valence-corrected chi connectivity index (χ1v) is 15.1. The van der Waals surface area contributed by atoms with Crippen molar-refractivity contribution in [1.82, 2.24) is 14.9 Å². The number of carbonyl (C=O) groups excluding carboxylic acids is 1. The quantitative estimate of drug-likeness (QED) is 0.419. The van der Waals surface area contributed by atoms with Gasteiger partial charge in [-0.25, -0.2) is 12.8 Å². The van der Waals surface area contributed by atoms with Crippen LogP contribution in [-0.2, 0) is 21.4 Å². The van der Waals surface area contributed by atoms with Crippen molar-refractivity contribution >= 4 is 33.4 Å². The van der Waals surface area contributed by atoms with Crippen LogP contribution in [-0.4, -0.2) is 53.8 Å². The second-order valence-electron chi connectivity index (χ2n) is 12.3. The minimum Gasteiger partial charge on any atom is -0.366 e. The van der Waals surface area contributed by atoms with E-state index in [9.17, 15) is 30.8 Å². The second kappa shape index (κ2) is 9.15. The average Bonchev–Trinajstić information content (AvgIpc) is 3.55. The van der Waals surface area contributed by atoms with Crippen molar-refractivity contribution in [3.05, 3.63) is 64.9 Å². The molecule has 13 heteroatoms. The SMILES string of the molecule is CC1(C)NC(C23CC(N(Cc4ccc(Cl)c(F)c4)S(=O)(=O)c4ccccc4)(C2)C3)=N[C@H]1C(=O)NC1CC1C(F)(F)F. The highest BCUT2D eigenvalue weighted by Gasteiger charge is 2.75. The van der Waals surface area contributed by atoms with Crippen LogP contribution in [0.3, 0.4) is 0 Å². The van der Waals surface area contributed by atoms with Gasteiger partial charge in [0, 0.05) is 23.5 Å². The molecule has 2 unspecified atom stereocenters. The first-order chi connectivity index (χ1) is 19.1. The van der Waals surface area contributed by atoms with Crippen LogP contribution in [0.15, 0.2) is 58.4 Å². The van der Waals surface area contributed by atoms with Gasteiger partial charge in [0.1, 0.15) is 11.7 Å². The van der Waals surface area contributed by atoms with Gasteiger partial charge in [-0.15, -0.1) is 0 Å². The lowest BCUT2D eigenvalue weighted by atomic mass is 9.38. The predicted molar refractivity (Wildman–Crippen MR) is 144 cm³/mol. The number of hydrogen-bond donors (Lipinski definition) is 2. The molecule has 2 bridgehead atoms. The van der Waals surface area contributed by atoms with Crippen molar-refractivity contribution in [3.63, 3.8) is 0 Å². The van der Waals surface area contributed by atoms with Gasteiger partial charge in [0.2, 0.25) is 15.9 Å². The number of carbonyl (C=O) groups is 1. The topological polar surface area (TPSA) is 90.9 Å². The van der Waals surface area contributed by atoms with Crippen molar-refractivity contribution in [2.45, 2.75) is 80.3 Å². The molecule has 0 spiro atoms. The normalized spacial score (nSPS) is 31.5. The van der Waals surface area contributed by atoms with Gasteiger partial charge in [-0.3, -0.25) is 9.79 Å². The molecule has 220 valence electrons. The van der Waals surface area contributed by atoms with Crippen LogP contribution in [0.5, 0.6) is 0 Å². The Morgan fingerprint density at radius 1 is 1.15 bits per heavy atom. The van der Waals surface area contributed by atoms with E-state index >= 15 is 0 Å². The number of benzene rings is 2. The Kier molecular flexibility index (Phi) is 6.34. The maximum Gasteiger partial charge on any atom is 0.393 e. The molecule has 4 fully saturated rings. The molecule has 1 aliphatic heterocycles. The number of rotatable bonds is 8. The van der Waals surface area contributed by atoms with E-state index in [2.05, 4.69) is 15.6 Å². The molecule has 3 atom stereocenters. The molecule has 0 saturated heterocycles. The molecule has 7 nitrogen and oxygen atoms in total. The van der Waals surface area contributed by atoms with E-state index in [1.165, 1.54) is 28.6 Å². The first kappa shape index (κ1) is 28.4. The third-order valence-electron chi connectivity index (χ3n) is 8.84. The molecule has 7 rings (SSSR count). The number of sulfonamides is 1. The fraction of sp³-hybridized carbons (Fsp3) is 0.500. The molecular formula is C28H29ClF4N4O3S. The van der Waals surface area contributed by atoms with E-state index in [0.29, 0.717) is 30.7 Å². The predicted octanol–water partition coefficient (Wildman–Crippen LogP) is 4.81. The Bertz CT molecular complexity index is 1530. The van der Waals surface area contributed by atoms with Gasteiger partial charge in [-0.1, -0.05) is 35.9 Å². The molecule has 1 heterocycles. The van der Waals surface area contributed by atoms with Crippen LogP contribution < -0.4 is 10.6 Å². The highest BCUT2D eigenvalue weighted by Crippen LogP contribution is 2.71. The van der Waals surface area contributed by atoms with E-state index in [-0.39, 0.29) is 22.9 Å². The Hall–Kier alpha value is -2.70. The van der Waals surface area contributed by atoms with Crippen LogP contribution in [0.2, 0.25) is 5.02 Å². The zero-order chi connectivity index (χ0) is 29.6. The van der Waals surface area contributed by atoms with Crippen molar-refractivity contribution in [2.75, 3.05) is 0 Å². The van der Waals surface area contributed by atoms with Crippen LogP contribution in [0, 0.1) is 17.2 Å². The van der Waals surface area contributed by atoms with Gasteiger partial charge >= 0.3 is 6.18 Å². The molecule has 4 saturated carbocycles. The molecule has 0 aromatic heterocycles. The highest BCUT2D eigenvalue weighted by molar-refractivity contribution is 7.89. The first-order valence-electron chi connectivity index (χ1n) is 13.3. The maximum absolute atomic E-state index is 14.2. The van der Waals surface area contributed by atoms with Crippen LogP contribution >= 0.6 is 11.6 Å². The Labute approximate surface area is 240 Å². The third-order valence-corrected chi connectivity index (χ3v) is 11.1. The summed E-state index contributed by atoms with van der Waals surface area (Å²) in [6.07, 6.45) is -3.16. The van der Waals surface area contributed by atoms with E-state index in [1.54, 1.807) is 38.1 Å².